The van der Waals surface area contributed by atoms with Crippen LogP contribution in [0.3, 0.4) is 0 Å². The molecule has 0 saturated carbocycles. The minimum atomic E-state index is -0.162. The summed E-state index contributed by atoms with van der Waals surface area (Å²) in [6.07, 6.45) is 6.46. The first-order chi connectivity index (χ1) is 10.2. The molecule has 2 aromatic rings. The van der Waals surface area contributed by atoms with Gasteiger partial charge in [-0.1, -0.05) is 37.3 Å². The smallest absolute Gasteiger partial charge is 0.262 e. The fraction of sp³-hybridized carbons (Fsp3) is 0.375. The summed E-state index contributed by atoms with van der Waals surface area (Å²) in [7, 11) is 0. The molecule has 5 nitrogen and oxygen atoms in total. The van der Waals surface area contributed by atoms with Crippen LogP contribution in [-0.2, 0) is 17.9 Å². The van der Waals surface area contributed by atoms with Crippen LogP contribution in [0.25, 0.3) is 0 Å². The van der Waals surface area contributed by atoms with Gasteiger partial charge in [-0.25, -0.2) is 9.13 Å². The van der Waals surface area contributed by atoms with Gasteiger partial charge in [-0.05, 0) is 12.0 Å². The molecule has 112 valence electrons. The van der Waals surface area contributed by atoms with Crippen molar-refractivity contribution in [3.63, 3.8) is 0 Å². The highest BCUT2D eigenvalue weighted by atomic mass is 16.3. The van der Waals surface area contributed by atoms with E-state index in [-0.39, 0.29) is 25.1 Å². The molecule has 0 aliphatic rings. The molecule has 0 saturated heterocycles. The van der Waals surface area contributed by atoms with Crippen LogP contribution in [0.4, 0.5) is 0 Å². The Hall–Kier alpha value is -2.14. The van der Waals surface area contributed by atoms with Crippen molar-refractivity contribution in [2.75, 3.05) is 6.61 Å². The Morgan fingerprint density at radius 1 is 1.38 bits per heavy atom. The molecule has 2 rings (SSSR count). The summed E-state index contributed by atoms with van der Waals surface area (Å²) in [5.74, 6) is -0.0849. The number of benzene rings is 1. The average Bonchev–Trinajstić information content (AvgIpc) is 2.92. The Labute approximate surface area is 124 Å². The lowest BCUT2D eigenvalue weighted by atomic mass is 10.2. The number of nitrogens with zero attached hydrogens (tertiary/aromatic N) is 2. The third-order valence-corrected chi connectivity index (χ3v) is 3.36. The minimum absolute atomic E-state index is 0.0259. The first-order valence-electron chi connectivity index (χ1n) is 7.20. The number of hydrogen-bond acceptors (Lipinski definition) is 2. The van der Waals surface area contributed by atoms with Crippen molar-refractivity contribution in [2.24, 2.45) is 0 Å². The Kier molecular flexibility index (Phi) is 5.51. The normalized spacial score (nSPS) is 12.1. The van der Waals surface area contributed by atoms with Gasteiger partial charge in [0.15, 0.2) is 6.54 Å². The summed E-state index contributed by atoms with van der Waals surface area (Å²) in [5.41, 5.74) is 1.22. The number of nitrogens with one attached hydrogen (secondary N) is 1. The number of hydrogen-bond donors (Lipinski definition) is 2. The monoisotopic (exact) mass is 288 g/mol. The van der Waals surface area contributed by atoms with Crippen molar-refractivity contribution in [1.29, 1.82) is 0 Å². The second kappa shape index (κ2) is 7.59. The number of carbonyl (C=O) groups excluding carboxylic acids is 1. The highest BCUT2D eigenvalue weighted by molar-refractivity contribution is 5.76. The van der Waals surface area contributed by atoms with E-state index in [4.69, 9.17) is 5.11 Å². The molecule has 1 aromatic carbocycles. The zero-order chi connectivity index (χ0) is 15.1. The number of imidazole rings is 1. The lowest BCUT2D eigenvalue weighted by Crippen LogP contribution is -2.39. The van der Waals surface area contributed by atoms with E-state index in [2.05, 4.69) is 17.4 Å². The molecule has 1 aromatic heterocycles. The van der Waals surface area contributed by atoms with Crippen LogP contribution in [0.2, 0.25) is 0 Å². The first kappa shape index (κ1) is 15.3. The van der Waals surface area contributed by atoms with Gasteiger partial charge >= 0.3 is 0 Å². The molecule has 0 fully saturated rings. The molecule has 0 unspecified atom stereocenters. The standard InChI is InChI=1S/C16H21N3O2/c1-2-15(12-20)17-16(21)11-19-9-8-18(13-19)10-14-6-4-3-5-7-14/h3-9,13,15,20H,2,10-12H2,1H3/p+1/t15-/m0/s1. The number of aromatic nitrogens is 2. The van der Waals surface area contributed by atoms with Gasteiger partial charge in [0.05, 0.1) is 12.6 Å². The maximum atomic E-state index is 11.9. The number of rotatable bonds is 7. The molecular formula is C16H22N3O2+. The zero-order valence-corrected chi connectivity index (χ0v) is 12.3. The summed E-state index contributed by atoms with van der Waals surface area (Å²) in [4.78, 5) is 11.9. The van der Waals surface area contributed by atoms with Crippen LogP contribution in [0.1, 0.15) is 18.9 Å². The van der Waals surface area contributed by atoms with Crippen molar-refractivity contribution < 1.29 is 14.5 Å². The van der Waals surface area contributed by atoms with E-state index in [1.54, 1.807) is 0 Å². The van der Waals surface area contributed by atoms with Crippen molar-refractivity contribution >= 4 is 5.91 Å². The van der Waals surface area contributed by atoms with E-state index in [9.17, 15) is 4.79 Å². The van der Waals surface area contributed by atoms with Gasteiger partial charge < -0.3 is 10.4 Å². The number of aliphatic hydroxyl groups is 1. The van der Waals surface area contributed by atoms with Crippen LogP contribution in [0.5, 0.6) is 0 Å². The molecule has 1 heterocycles. The number of carbonyl (C=O) groups is 1. The van der Waals surface area contributed by atoms with E-state index in [1.165, 1.54) is 5.56 Å². The second-order valence-electron chi connectivity index (χ2n) is 5.10. The lowest BCUT2D eigenvalue weighted by molar-refractivity contribution is -0.687. The summed E-state index contributed by atoms with van der Waals surface area (Å²) in [6.45, 7) is 2.95. The van der Waals surface area contributed by atoms with Gasteiger partial charge in [-0.2, -0.15) is 0 Å². The van der Waals surface area contributed by atoms with Gasteiger partial charge in [0.25, 0.3) is 5.91 Å². The van der Waals surface area contributed by atoms with E-state index in [1.807, 2.05) is 53.0 Å². The molecule has 0 bridgehead atoms. The lowest BCUT2D eigenvalue weighted by Gasteiger charge is -2.12. The second-order valence-corrected chi connectivity index (χ2v) is 5.10. The predicted octanol–water partition coefficient (Wildman–Crippen LogP) is 0.711. The molecular weight excluding hydrogens is 266 g/mol. The van der Waals surface area contributed by atoms with Gasteiger partial charge in [-0.15, -0.1) is 0 Å². The molecule has 1 atom stereocenters. The van der Waals surface area contributed by atoms with Gasteiger partial charge in [0.2, 0.25) is 6.33 Å². The highest BCUT2D eigenvalue weighted by Crippen LogP contribution is 1.97. The zero-order valence-electron chi connectivity index (χ0n) is 12.3. The van der Waals surface area contributed by atoms with Crippen molar-refractivity contribution in [2.45, 2.75) is 32.5 Å². The van der Waals surface area contributed by atoms with Crippen molar-refractivity contribution in [3.8, 4) is 0 Å². The predicted molar refractivity (Wildman–Crippen MR) is 79.5 cm³/mol. The fourth-order valence-electron chi connectivity index (χ4n) is 2.14. The van der Waals surface area contributed by atoms with Gasteiger partial charge in [0.1, 0.15) is 18.9 Å². The van der Waals surface area contributed by atoms with Crippen LogP contribution in [0, 0.1) is 0 Å². The molecule has 5 heteroatoms. The summed E-state index contributed by atoms with van der Waals surface area (Å²) in [6, 6.07) is 10.0. The Morgan fingerprint density at radius 2 is 2.14 bits per heavy atom. The molecule has 2 N–H and O–H groups in total. The largest absolute Gasteiger partial charge is 0.394 e. The third-order valence-electron chi connectivity index (χ3n) is 3.36. The number of amides is 1. The van der Waals surface area contributed by atoms with E-state index in [0.717, 1.165) is 13.0 Å². The topological polar surface area (TPSA) is 58.1 Å². The SMILES string of the molecule is CC[C@@H](CO)NC(=O)Cn1cc[n+](Cc2ccccc2)c1. The Morgan fingerprint density at radius 3 is 2.81 bits per heavy atom. The van der Waals surface area contributed by atoms with E-state index in [0.29, 0.717) is 0 Å². The molecule has 0 aliphatic heterocycles. The molecule has 1 amide bonds. The first-order valence-corrected chi connectivity index (χ1v) is 7.20. The third kappa shape index (κ3) is 4.72. The molecule has 21 heavy (non-hydrogen) atoms. The maximum Gasteiger partial charge on any atom is 0.262 e. The molecule has 0 aliphatic carbocycles. The van der Waals surface area contributed by atoms with E-state index >= 15 is 0 Å². The summed E-state index contributed by atoms with van der Waals surface area (Å²) < 4.78 is 3.87. The summed E-state index contributed by atoms with van der Waals surface area (Å²) >= 11 is 0. The highest BCUT2D eigenvalue weighted by Gasteiger charge is 2.13. The minimum Gasteiger partial charge on any atom is -0.394 e. The molecule has 0 radical (unpaired) electrons. The maximum absolute atomic E-state index is 11.9. The Bertz CT molecular complexity index is 562. The van der Waals surface area contributed by atoms with Gasteiger partial charge in [-0.3, -0.25) is 4.79 Å². The van der Waals surface area contributed by atoms with Crippen LogP contribution < -0.4 is 9.88 Å². The van der Waals surface area contributed by atoms with Crippen molar-refractivity contribution in [1.82, 2.24) is 9.88 Å². The van der Waals surface area contributed by atoms with E-state index < -0.39 is 0 Å². The Balaban J connectivity index is 1.89. The summed E-state index contributed by atoms with van der Waals surface area (Å²) in [5, 5.41) is 11.9. The van der Waals surface area contributed by atoms with Crippen LogP contribution in [-0.4, -0.2) is 28.2 Å². The average molecular weight is 288 g/mol. The van der Waals surface area contributed by atoms with Crippen molar-refractivity contribution in [3.05, 3.63) is 54.6 Å². The fourth-order valence-corrected chi connectivity index (χ4v) is 2.14. The van der Waals surface area contributed by atoms with Gasteiger partial charge in [0, 0.05) is 0 Å². The van der Waals surface area contributed by atoms with Crippen LogP contribution >= 0.6 is 0 Å². The van der Waals surface area contributed by atoms with Crippen LogP contribution in [0.15, 0.2) is 49.1 Å². The quantitative estimate of drug-likeness (QED) is 0.737. The molecule has 0 spiro atoms. The number of aliphatic hydroxyl groups excluding tert-OH is 1.